The Morgan fingerprint density at radius 1 is 0.395 bits per heavy atom. The summed E-state index contributed by atoms with van der Waals surface area (Å²) in [5, 5.41) is 0. The van der Waals surface area contributed by atoms with E-state index in [-0.39, 0.29) is 0 Å². The molecule has 0 saturated heterocycles. The molecule has 0 amide bonds. The van der Waals surface area contributed by atoms with Crippen molar-refractivity contribution < 1.29 is 0 Å². The third kappa shape index (κ3) is 4.74. The van der Waals surface area contributed by atoms with Gasteiger partial charge in [0.25, 0.3) is 0 Å². The molecule has 0 saturated carbocycles. The van der Waals surface area contributed by atoms with Crippen molar-refractivity contribution in [1.82, 2.24) is 24.9 Å². The van der Waals surface area contributed by atoms with E-state index in [0.29, 0.717) is 17.5 Å². The van der Waals surface area contributed by atoms with Crippen LogP contribution in [0.3, 0.4) is 0 Å². The molecule has 0 fully saturated rings. The Morgan fingerprint density at radius 2 is 0.977 bits per heavy atom. The van der Waals surface area contributed by atoms with Gasteiger partial charge in [-0.2, -0.15) is 0 Å². The van der Waals surface area contributed by atoms with E-state index in [1.807, 2.05) is 79.1 Å². The van der Waals surface area contributed by atoms with Gasteiger partial charge >= 0.3 is 0 Å². The molecule has 0 atom stereocenters. The lowest BCUT2D eigenvalue weighted by atomic mass is 9.99. The fourth-order valence-electron chi connectivity index (χ4n) is 5.33. The molecule has 0 N–H and O–H groups in total. The molecular weight excluding hydrogens is 547 g/mol. The van der Waals surface area contributed by atoms with Gasteiger partial charge in [0.2, 0.25) is 0 Å². The minimum Gasteiger partial charge on any atom is -0.253 e. The van der Waals surface area contributed by atoms with E-state index in [9.17, 15) is 0 Å². The number of hydrogen-bond acceptors (Lipinski definition) is 6. The fraction of sp³-hybridized carbons (Fsp3) is 0. The van der Waals surface area contributed by atoms with Crippen LogP contribution in [0.2, 0.25) is 0 Å². The predicted molar refractivity (Wildman–Crippen MR) is 175 cm³/mol. The second kappa shape index (κ2) is 10.7. The van der Waals surface area contributed by atoms with Crippen molar-refractivity contribution >= 4 is 31.8 Å². The van der Waals surface area contributed by atoms with Gasteiger partial charge in [0.1, 0.15) is 11.0 Å². The Hall–Kier alpha value is -5.59. The van der Waals surface area contributed by atoms with Crippen molar-refractivity contribution in [2.24, 2.45) is 0 Å². The van der Waals surface area contributed by atoms with Gasteiger partial charge in [-0.15, -0.1) is 11.3 Å². The summed E-state index contributed by atoms with van der Waals surface area (Å²) < 4.78 is 2.30. The Labute approximate surface area is 252 Å². The third-order valence-electron chi connectivity index (χ3n) is 7.46. The molecule has 0 aliphatic heterocycles. The lowest BCUT2D eigenvalue weighted by molar-refractivity contribution is 1.07. The number of benzene rings is 4. The summed E-state index contributed by atoms with van der Waals surface area (Å²) in [6, 6.07) is 43.3. The summed E-state index contributed by atoms with van der Waals surface area (Å²) in [5.74, 6) is 1.95. The zero-order valence-corrected chi connectivity index (χ0v) is 23.7. The van der Waals surface area contributed by atoms with Crippen LogP contribution in [0.15, 0.2) is 140 Å². The van der Waals surface area contributed by atoms with Gasteiger partial charge < -0.3 is 0 Å². The number of hydrogen-bond donors (Lipinski definition) is 0. The topological polar surface area (TPSA) is 64.5 Å². The SMILES string of the molecule is c1ccc(-c2nc(-c3ccccc3)nc(-c3cccc(-c4ccc(-c5ccnc6c5sc5cccnc56)cc4)c3)n2)cc1. The van der Waals surface area contributed by atoms with E-state index in [4.69, 9.17) is 15.0 Å². The zero-order chi connectivity index (χ0) is 28.6. The molecule has 5 nitrogen and oxygen atoms in total. The molecule has 4 heterocycles. The Kier molecular flexibility index (Phi) is 6.24. The first-order valence-electron chi connectivity index (χ1n) is 14.0. The highest BCUT2D eigenvalue weighted by Crippen LogP contribution is 2.38. The van der Waals surface area contributed by atoms with E-state index < -0.39 is 0 Å². The van der Waals surface area contributed by atoms with Crippen molar-refractivity contribution in [3.8, 4) is 56.4 Å². The van der Waals surface area contributed by atoms with Crippen molar-refractivity contribution in [2.45, 2.75) is 0 Å². The van der Waals surface area contributed by atoms with E-state index in [1.165, 1.54) is 5.56 Å². The molecule has 6 heteroatoms. The first-order chi connectivity index (χ1) is 21.3. The number of fused-ring (bicyclic) bond motifs is 3. The third-order valence-corrected chi connectivity index (χ3v) is 8.63. The standard InChI is InChI=1S/C37H23N5S/c1-3-9-26(10-4-1)35-40-36(27-11-5-2-6-12-27)42-37(41-35)29-14-7-13-28(23-29)24-16-18-25(19-17-24)30-20-22-39-33-32-31(43-34(30)33)15-8-21-38-32/h1-23H. The fourth-order valence-corrected chi connectivity index (χ4v) is 6.48. The molecule has 8 aromatic rings. The van der Waals surface area contributed by atoms with Gasteiger partial charge in [0, 0.05) is 34.6 Å². The highest BCUT2D eigenvalue weighted by atomic mass is 32.1. The second-order valence-electron chi connectivity index (χ2n) is 10.2. The number of aromatic nitrogens is 5. The molecule has 43 heavy (non-hydrogen) atoms. The van der Waals surface area contributed by atoms with Crippen LogP contribution in [-0.4, -0.2) is 24.9 Å². The van der Waals surface area contributed by atoms with Crippen LogP contribution in [0.25, 0.3) is 76.9 Å². The molecule has 4 aromatic heterocycles. The maximum atomic E-state index is 4.90. The first kappa shape index (κ1) is 25.1. The molecule has 0 bridgehead atoms. The number of rotatable bonds is 5. The maximum Gasteiger partial charge on any atom is 0.164 e. The van der Waals surface area contributed by atoms with Gasteiger partial charge in [0.15, 0.2) is 17.5 Å². The quantitative estimate of drug-likeness (QED) is 0.207. The summed E-state index contributed by atoms with van der Waals surface area (Å²) in [4.78, 5) is 23.8. The first-order valence-corrected chi connectivity index (χ1v) is 14.8. The lowest BCUT2D eigenvalue weighted by Gasteiger charge is -2.10. The maximum absolute atomic E-state index is 4.90. The minimum absolute atomic E-state index is 0.642. The van der Waals surface area contributed by atoms with E-state index in [1.54, 1.807) is 11.3 Å². The molecule has 0 aliphatic rings. The normalized spacial score (nSPS) is 11.3. The molecule has 8 rings (SSSR count). The second-order valence-corrected chi connectivity index (χ2v) is 11.2. The monoisotopic (exact) mass is 569 g/mol. The van der Waals surface area contributed by atoms with Gasteiger partial charge in [-0.05, 0) is 41.0 Å². The Balaban J connectivity index is 1.18. The summed E-state index contributed by atoms with van der Waals surface area (Å²) in [6.45, 7) is 0. The van der Waals surface area contributed by atoms with Gasteiger partial charge in [-0.25, -0.2) is 15.0 Å². The van der Waals surface area contributed by atoms with Crippen molar-refractivity contribution in [1.29, 1.82) is 0 Å². The Morgan fingerprint density at radius 3 is 1.67 bits per heavy atom. The molecule has 0 spiro atoms. The summed E-state index contributed by atoms with van der Waals surface area (Å²) in [5.41, 5.74) is 9.29. The average Bonchev–Trinajstić information content (AvgIpc) is 3.48. The van der Waals surface area contributed by atoms with Crippen molar-refractivity contribution in [2.75, 3.05) is 0 Å². The van der Waals surface area contributed by atoms with Crippen LogP contribution in [0, 0.1) is 0 Å². The van der Waals surface area contributed by atoms with Gasteiger partial charge in [0.05, 0.1) is 9.40 Å². The number of nitrogens with zero attached hydrogens (tertiary/aromatic N) is 5. The molecule has 202 valence electrons. The molecular formula is C37H23N5S. The molecule has 0 aliphatic carbocycles. The van der Waals surface area contributed by atoms with E-state index >= 15 is 0 Å². The average molecular weight is 570 g/mol. The molecule has 4 aromatic carbocycles. The summed E-state index contributed by atoms with van der Waals surface area (Å²) >= 11 is 1.74. The number of pyridine rings is 2. The lowest BCUT2D eigenvalue weighted by Crippen LogP contribution is -2.00. The van der Waals surface area contributed by atoms with E-state index in [2.05, 4.69) is 70.6 Å². The van der Waals surface area contributed by atoms with Crippen LogP contribution >= 0.6 is 11.3 Å². The van der Waals surface area contributed by atoms with Crippen LogP contribution in [0.4, 0.5) is 0 Å². The largest absolute Gasteiger partial charge is 0.253 e. The smallest absolute Gasteiger partial charge is 0.164 e. The molecule has 0 unspecified atom stereocenters. The Bertz CT molecular complexity index is 2170. The summed E-state index contributed by atoms with van der Waals surface area (Å²) in [6.07, 6.45) is 3.70. The van der Waals surface area contributed by atoms with Crippen LogP contribution in [0.5, 0.6) is 0 Å². The van der Waals surface area contributed by atoms with Crippen molar-refractivity contribution in [3.05, 3.63) is 140 Å². The van der Waals surface area contributed by atoms with Crippen LogP contribution in [0.1, 0.15) is 0 Å². The van der Waals surface area contributed by atoms with Crippen molar-refractivity contribution in [3.63, 3.8) is 0 Å². The summed E-state index contributed by atoms with van der Waals surface area (Å²) in [7, 11) is 0. The van der Waals surface area contributed by atoms with Crippen LogP contribution in [-0.2, 0) is 0 Å². The van der Waals surface area contributed by atoms with Gasteiger partial charge in [-0.3, -0.25) is 9.97 Å². The van der Waals surface area contributed by atoms with E-state index in [0.717, 1.165) is 53.8 Å². The highest BCUT2D eigenvalue weighted by molar-refractivity contribution is 7.26. The zero-order valence-electron chi connectivity index (χ0n) is 22.9. The van der Waals surface area contributed by atoms with Crippen LogP contribution < -0.4 is 0 Å². The minimum atomic E-state index is 0.642. The number of thiophene rings is 1. The highest BCUT2D eigenvalue weighted by Gasteiger charge is 2.14. The predicted octanol–water partition coefficient (Wildman–Crippen LogP) is 9.36. The van der Waals surface area contributed by atoms with Gasteiger partial charge in [-0.1, -0.05) is 103 Å². The molecule has 0 radical (unpaired) electrons.